The number of carbonyl (C=O) groups is 2. The molecule has 0 atom stereocenters. The summed E-state index contributed by atoms with van der Waals surface area (Å²) in [4.78, 5) is 23.5. The summed E-state index contributed by atoms with van der Waals surface area (Å²) in [6.07, 6.45) is 2.17. The molecule has 7 heteroatoms. The number of carboxylic acids is 1. The van der Waals surface area contributed by atoms with Gasteiger partial charge in [-0.1, -0.05) is 13.3 Å². The molecule has 1 amide bonds. The molecule has 4 N–H and O–H groups in total. The zero-order valence-corrected chi connectivity index (χ0v) is 14.7. The van der Waals surface area contributed by atoms with Crippen molar-refractivity contribution in [2.24, 2.45) is 0 Å². The Morgan fingerprint density at radius 3 is 2.69 bits per heavy atom. The lowest BCUT2D eigenvalue weighted by atomic mass is 10.0. The van der Waals surface area contributed by atoms with E-state index in [1.807, 2.05) is 18.2 Å². The van der Waals surface area contributed by atoms with E-state index >= 15 is 0 Å². The molecule has 0 aliphatic carbocycles. The molecule has 0 saturated carbocycles. The first-order valence-electron chi connectivity index (χ1n) is 8.49. The Morgan fingerprint density at radius 2 is 2.00 bits per heavy atom. The van der Waals surface area contributed by atoms with Gasteiger partial charge in [0.2, 0.25) is 0 Å². The van der Waals surface area contributed by atoms with Crippen LogP contribution in [0.3, 0.4) is 0 Å². The summed E-state index contributed by atoms with van der Waals surface area (Å²) in [5, 5.41) is 18.4. The summed E-state index contributed by atoms with van der Waals surface area (Å²) in [5.74, 6) is -0.629. The number of fused-ring (bicyclic) bond motifs is 2. The molecule has 26 heavy (non-hydrogen) atoms. The molecule has 0 unspecified atom stereocenters. The molecule has 3 rings (SSSR count). The number of anilines is 3. The molecular formula is C19H21N3O4. The van der Waals surface area contributed by atoms with Crippen molar-refractivity contribution in [3.05, 3.63) is 41.5 Å². The fraction of sp³-hybridized carbons (Fsp3) is 0.263. The topological polar surface area (TPSA) is 99.7 Å². The Hall–Kier alpha value is -3.22. The number of carbonyl (C=O) groups excluding carboxylic acids is 1. The summed E-state index contributed by atoms with van der Waals surface area (Å²) in [6, 6.07) is 8.48. The van der Waals surface area contributed by atoms with E-state index in [4.69, 9.17) is 4.74 Å². The van der Waals surface area contributed by atoms with Crippen LogP contribution in [0.2, 0.25) is 0 Å². The lowest BCUT2D eigenvalue weighted by Crippen LogP contribution is -2.19. The molecule has 1 aliphatic heterocycles. The van der Waals surface area contributed by atoms with Crippen LogP contribution in [0, 0.1) is 0 Å². The number of ether oxygens (including phenoxy) is 1. The Morgan fingerprint density at radius 1 is 1.19 bits per heavy atom. The van der Waals surface area contributed by atoms with Crippen LogP contribution in [0.25, 0.3) is 0 Å². The number of benzene rings is 2. The van der Waals surface area contributed by atoms with Crippen molar-refractivity contribution in [1.29, 1.82) is 0 Å². The number of amides is 1. The predicted octanol–water partition coefficient (Wildman–Crippen LogP) is 3.81. The lowest BCUT2D eigenvalue weighted by molar-refractivity contribution is 0.0697. The largest absolute Gasteiger partial charge is 0.478 e. The third kappa shape index (κ3) is 3.42. The highest BCUT2D eigenvalue weighted by molar-refractivity contribution is 6.03. The SMILES string of the molecule is CCCCNc1ccc2c(c1)Oc1cc(C(=O)NC)cc(C(=O)O)c1N2. The van der Waals surface area contributed by atoms with Gasteiger partial charge in [-0.2, -0.15) is 0 Å². The van der Waals surface area contributed by atoms with Gasteiger partial charge in [0.25, 0.3) is 5.91 Å². The Balaban J connectivity index is 1.96. The normalized spacial score (nSPS) is 11.5. The minimum Gasteiger partial charge on any atom is -0.478 e. The van der Waals surface area contributed by atoms with Crippen LogP contribution in [0.4, 0.5) is 17.1 Å². The van der Waals surface area contributed by atoms with E-state index in [1.54, 1.807) is 0 Å². The number of unbranched alkanes of at least 4 members (excludes halogenated alkanes) is 1. The van der Waals surface area contributed by atoms with Crippen molar-refractivity contribution in [2.75, 3.05) is 24.2 Å². The van der Waals surface area contributed by atoms with Gasteiger partial charge in [0.15, 0.2) is 11.5 Å². The van der Waals surface area contributed by atoms with Gasteiger partial charge in [0.1, 0.15) is 0 Å². The number of hydrogen-bond donors (Lipinski definition) is 4. The second-order valence-corrected chi connectivity index (χ2v) is 6.00. The van der Waals surface area contributed by atoms with Crippen molar-refractivity contribution in [1.82, 2.24) is 5.32 Å². The van der Waals surface area contributed by atoms with E-state index in [0.29, 0.717) is 22.9 Å². The molecule has 136 valence electrons. The number of hydrogen-bond acceptors (Lipinski definition) is 5. The standard InChI is InChI=1S/C19H21N3O4/c1-3-4-7-21-12-5-6-14-15(10-12)26-16-9-11(18(23)20-2)8-13(19(24)25)17(16)22-14/h5-6,8-10,21-22H,3-4,7H2,1-2H3,(H,20,23)(H,24,25). The van der Waals surface area contributed by atoms with Crippen LogP contribution < -0.4 is 20.7 Å². The Labute approximate surface area is 151 Å². The van der Waals surface area contributed by atoms with E-state index < -0.39 is 5.97 Å². The van der Waals surface area contributed by atoms with Crippen LogP contribution in [0.15, 0.2) is 30.3 Å². The van der Waals surface area contributed by atoms with Crippen LogP contribution in [0.5, 0.6) is 11.5 Å². The van der Waals surface area contributed by atoms with Crippen molar-refractivity contribution >= 4 is 28.9 Å². The van der Waals surface area contributed by atoms with Crippen LogP contribution in [0.1, 0.15) is 40.5 Å². The summed E-state index contributed by atoms with van der Waals surface area (Å²) in [5.41, 5.74) is 2.14. The highest BCUT2D eigenvalue weighted by Gasteiger charge is 2.25. The van der Waals surface area contributed by atoms with E-state index in [2.05, 4.69) is 22.9 Å². The summed E-state index contributed by atoms with van der Waals surface area (Å²) < 4.78 is 5.90. The molecule has 0 aromatic heterocycles. The number of rotatable bonds is 6. The van der Waals surface area contributed by atoms with Crippen molar-refractivity contribution in [3.63, 3.8) is 0 Å². The van der Waals surface area contributed by atoms with Crippen molar-refractivity contribution in [2.45, 2.75) is 19.8 Å². The first kappa shape index (κ1) is 17.6. The fourth-order valence-electron chi connectivity index (χ4n) is 2.75. The maximum Gasteiger partial charge on any atom is 0.337 e. The molecule has 2 aromatic rings. The molecule has 0 saturated heterocycles. The van der Waals surface area contributed by atoms with Gasteiger partial charge < -0.3 is 25.8 Å². The lowest BCUT2D eigenvalue weighted by Gasteiger charge is -2.24. The zero-order valence-electron chi connectivity index (χ0n) is 14.7. The molecule has 0 fully saturated rings. The number of aromatic carboxylic acids is 1. The molecule has 0 spiro atoms. The number of nitrogens with one attached hydrogen (secondary N) is 3. The van der Waals surface area contributed by atoms with Gasteiger partial charge >= 0.3 is 5.97 Å². The monoisotopic (exact) mass is 355 g/mol. The van der Waals surface area contributed by atoms with Gasteiger partial charge in [-0.3, -0.25) is 4.79 Å². The second kappa shape index (κ2) is 7.35. The maximum absolute atomic E-state index is 11.9. The molecule has 0 bridgehead atoms. The van der Waals surface area contributed by atoms with Gasteiger partial charge in [-0.15, -0.1) is 0 Å². The number of carboxylic acid groups (broad SMARTS) is 1. The quantitative estimate of drug-likeness (QED) is 0.502. The average molecular weight is 355 g/mol. The first-order chi connectivity index (χ1) is 12.5. The third-order valence-electron chi connectivity index (χ3n) is 4.14. The van der Waals surface area contributed by atoms with Gasteiger partial charge in [0.05, 0.1) is 16.9 Å². The third-order valence-corrected chi connectivity index (χ3v) is 4.14. The van der Waals surface area contributed by atoms with Crippen molar-refractivity contribution in [3.8, 4) is 11.5 Å². The summed E-state index contributed by atoms with van der Waals surface area (Å²) in [6.45, 7) is 2.99. The predicted molar refractivity (Wildman–Crippen MR) is 100.0 cm³/mol. The molecule has 1 aliphatic rings. The van der Waals surface area contributed by atoms with E-state index in [0.717, 1.165) is 25.1 Å². The van der Waals surface area contributed by atoms with Crippen molar-refractivity contribution < 1.29 is 19.4 Å². The maximum atomic E-state index is 11.9. The van der Waals surface area contributed by atoms with Crippen LogP contribution in [-0.2, 0) is 0 Å². The van der Waals surface area contributed by atoms with Crippen LogP contribution >= 0.6 is 0 Å². The molecule has 7 nitrogen and oxygen atoms in total. The molecule has 0 radical (unpaired) electrons. The highest BCUT2D eigenvalue weighted by atomic mass is 16.5. The van der Waals surface area contributed by atoms with Gasteiger partial charge in [-0.05, 0) is 30.7 Å². The Bertz CT molecular complexity index is 864. The average Bonchev–Trinajstić information content (AvgIpc) is 2.64. The minimum absolute atomic E-state index is 0.0168. The highest BCUT2D eigenvalue weighted by Crippen LogP contribution is 2.45. The summed E-state index contributed by atoms with van der Waals surface area (Å²) >= 11 is 0. The Kier molecular flexibility index (Phi) is 4.97. The van der Waals surface area contributed by atoms with E-state index in [-0.39, 0.29) is 17.0 Å². The fourth-order valence-corrected chi connectivity index (χ4v) is 2.75. The van der Waals surface area contributed by atoms with Gasteiger partial charge in [0, 0.05) is 30.9 Å². The van der Waals surface area contributed by atoms with Gasteiger partial charge in [-0.25, -0.2) is 4.79 Å². The molecular weight excluding hydrogens is 334 g/mol. The van der Waals surface area contributed by atoms with Crippen LogP contribution in [-0.4, -0.2) is 30.6 Å². The summed E-state index contributed by atoms with van der Waals surface area (Å²) in [7, 11) is 1.49. The van der Waals surface area contributed by atoms with E-state index in [9.17, 15) is 14.7 Å². The first-order valence-corrected chi connectivity index (χ1v) is 8.49. The smallest absolute Gasteiger partial charge is 0.337 e. The molecule has 2 aromatic carbocycles. The minimum atomic E-state index is -1.13. The molecule has 1 heterocycles. The zero-order chi connectivity index (χ0) is 18.7. The second-order valence-electron chi connectivity index (χ2n) is 6.00. The van der Waals surface area contributed by atoms with E-state index in [1.165, 1.54) is 19.2 Å².